The maximum absolute atomic E-state index is 11.7. The molecule has 0 saturated heterocycles. The molecule has 1 heterocycles. The van der Waals surface area contributed by atoms with Crippen molar-refractivity contribution in [2.75, 3.05) is 6.54 Å². The third-order valence-electron chi connectivity index (χ3n) is 3.43. The number of amides is 1. The van der Waals surface area contributed by atoms with Crippen LogP contribution in [0.4, 0.5) is 4.79 Å². The van der Waals surface area contributed by atoms with E-state index < -0.39 is 16.8 Å². The normalized spacial score (nSPS) is 16.4. The molecule has 1 aliphatic heterocycles. The van der Waals surface area contributed by atoms with Crippen LogP contribution in [0.1, 0.15) is 48.5 Å². The van der Waals surface area contributed by atoms with E-state index in [0.29, 0.717) is 14.0 Å². The Bertz CT molecular complexity index is 404. The highest BCUT2D eigenvalue weighted by Crippen LogP contribution is 2.26. The lowest BCUT2D eigenvalue weighted by molar-refractivity contribution is -0.0899. The van der Waals surface area contributed by atoms with Crippen LogP contribution in [-0.4, -0.2) is 46.9 Å². The summed E-state index contributed by atoms with van der Waals surface area (Å²) in [6, 6.07) is 0. The molecule has 0 aromatic heterocycles. The van der Waals surface area contributed by atoms with Gasteiger partial charge in [0.2, 0.25) is 0 Å². The molecule has 0 spiro atoms. The molecule has 0 aromatic carbocycles. The Morgan fingerprint density at radius 2 is 1.75 bits per heavy atom. The highest BCUT2D eigenvalue weighted by atomic mass is 16.6. The minimum absolute atomic E-state index is 0.344. The molecule has 6 heteroatoms. The monoisotopic (exact) mass is 283 g/mol. The van der Waals surface area contributed by atoms with Gasteiger partial charge in [0.15, 0.2) is 0 Å². The molecule has 0 aromatic rings. The first-order valence-corrected chi connectivity index (χ1v) is 6.87. The summed E-state index contributed by atoms with van der Waals surface area (Å²) < 4.78 is 11.0. The molecule has 0 aliphatic carbocycles. The minimum Gasteiger partial charge on any atom is -0.443 e. The van der Waals surface area contributed by atoms with Gasteiger partial charge >= 0.3 is 13.6 Å². The number of hydrogen-bond acceptors (Lipinski definition) is 4. The average molecular weight is 283 g/mol. The van der Waals surface area contributed by atoms with Crippen molar-refractivity contribution < 1.29 is 19.3 Å². The summed E-state index contributed by atoms with van der Waals surface area (Å²) >= 11 is 0. The van der Waals surface area contributed by atoms with Gasteiger partial charge in [-0.2, -0.15) is 0 Å². The maximum Gasteiger partial charge on any atom is 0.414 e. The summed E-state index contributed by atoms with van der Waals surface area (Å²) in [5.41, 5.74) is -1.06. The fourth-order valence-electron chi connectivity index (χ4n) is 1.38. The lowest BCUT2D eigenvalue weighted by Crippen LogP contribution is -2.49. The highest BCUT2D eigenvalue weighted by Gasteiger charge is 2.37. The first-order valence-electron chi connectivity index (χ1n) is 6.87. The third-order valence-corrected chi connectivity index (χ3v) is 3.43. The van der Waals surface area contributed by atoms with E-state index in [0.717, 1.165) is 5.47 Å². The SMILES string of the molecule is CC(C)(C)OC(=O)N1C=C(BOC(C)(C)C(C)(C)O)C1. The summed E-state index contributed by atoms with van der Waals surface area (Å²) in [4.78, 5) is 13.2. The zero-order valence-electron chi connectivity index (χ0n) is 13.6. The van der Waals surface area contributed by atoms with Crippen LogP contribution in [0.25, 0.3) is 0 Å². The van der Waals surface area contributed by atoms with Crippen LogP contribution >= 0.6 is 0 Å². The topological polar surface area (TPSA) is 59.0 Å². The van der Waals surface area contributed by atoms with Crippen molar-refractivity contribution >= 4 is 13.6 Å². The lowest BCUT2D eigenvalue weighted by atomic mass is 9.80. The minimum atomic E-state index is -0.928. The van der Waals surface area contributed by atoms with E-state index >= 15 is 0 Å². The fourth-order valence-corrected chi connectivity index (χ4v) is 1.38. The number of ether oxygens (including phenoxy) is 1. The van der Waals surface area contributed by atoms with Gasteiger partial charge in [-0.3, -0.25) is 4.90 Å². The van der Waals surface area contributed by atoms with E-state index in [4.69, 9.17) is 9.39 Å². The van der Waals surface area contributed by atoms with E-state index in [9.17, 15) is 9.90 Å². The van der Waals surface area contributed by atoms with Gasteiger partial charge in [0.1, 0.15) is 5.60 Å². The predicted molar refractivity (Wildman–Crippen MR) is 79.6 cm³/mol. The van der Waals surface area contributed by atoms with Crippen molar-refractivity contribution in [1.82, 2.24) is 4.90 Å². The standard InChI is InChI=1S/C14H26BNO4/c1-12(2,3)19-11(17)16-8-10(9-16)15-20-14(6,7)13(4,5)18/h8,15,18H,9H2,1-7H3. The number of nitrogens with zero attached hydrogens (tertiary/aromatic N) is 1. The van der Waals surface area contributed by atoms with Gasteiger partial charge < -0.3 is 14.5 Å². The van der Waals surface area contributed by atoms with Crippen molar-refractivity contribution in [2.24, 2.45) is 0 Å². The predicted octanol–water partition coefficient (Wildman–Crippen LogP) is 2.00. The van der Waals surface area contributed by atoms with Crippen LogP contribution in [-0.2, 0) is 9.39 Å². The highest BCUT2D eigenvalue weighted by molar-refractivity contribution is 6.39. The molecule has 0 bridgehead atoms. The van der Waals surface area contributed by atoms with Crippen molar-refractivity contribution in [3.63, 3.8) is 0 Å². The Kier molecular flexibility index (Phi) is 4.61. The zero-order valence-corrected chi connectivity index (χ0v) is 13.6. The summed E-state index contributed by atoms with van der Waals surface area (Å²) in [7, 11) is 0.399. The Labute approximate surface area is 122 Å². The maximum atomic E-state index is 11.7. The van der Waals surface area contributed by atoms with Crippen molar-refractivity contribution in [3.05, 3.63) is 11.7 Å². The van der Waals surface area contributed by atoms with E-state index in [1.54, 1.807) is 20.0 Å². The van der Waals surface area contributed by atoms with Gasteiger partial charge in [0.25, 0.3) is 0 Å². The second kappa shape index (κ2) is 5.41. The van der Waals surface area contributed by atoms with Crippen LogP contribution in [0.15, 0.2) is 11.7 Å². The van der Waals surface area contributed by atoms with Crippen molar-refractivity contribution in [1.29, 1.82) is 0 Å². The molecule has 0 fully saturated rings. The summed E-state index contributed by atoms with van der Waals surface area (Å²) in [5, 5.41) is 9.99. The molecule has 1 aliphatic rings. The Morgan fingerprint density at radius 1 is 1.25 bits per heavy atom. The molecule has 0 unspecified atom stereocenters. The summed E-state index contributed by atoms with van der Waals surface area (Å²) in [5.74, 6) is 0. The van der Waals surface area contributed by atoms with Crippen LogP contribution in [0.3, 0.4) is 0 Å². The number of hydrogen-bond donors (Lipinski definition) is 1. The largest absolute Gasteiger partial charge is 0.443 e. The molecule has 1 N–H and O–H groups in total. The first kappa shape index (κ1) is 17.0. The first-order chi connectivity index (χ1) is 8.82. The van der Waals surface area contributed by atoms with Crippen molar-refractivity contribution in [3.8, 4) is 0 Å². The second-order valence-corrected chi connectivity index (χ2v) is 7.25. The fraction of sp³-hybridized carbons (Fsp3) is 0.786. The van der Waals surface area contributed by atoms with Gasteiger partial charge in [-0.1, -0.05) is 0 Å². The number of aliphatic hydroxyl groups is 1. The van der Waals surface area contributed by atoms with Gasteiger partial charge in [0.05, 0.1) is 11.2 Å². The van der Waals surface area contributed by atoms with Gasteiger partial charge in [-0.05, 0) is 53.9 Å². The summed E-state index contributed by atoms with van der Waals surface area (Å²) in [6.45, 7) is 13.1. The molecule has 1 amide bonds. The van der Waals surface area contributed by atoms with E-state index in [1.807, 2.05) is 34.6 Å². The summed E-state index contributed by atoms with van der Waals surface area (Å²) in [6.07, 6.45) is 1.39. The van der Waals surface area contributed by atoms with Gasteiger partial charge in [0, 0.05) is 12.7 Å². The molecular weight excluding hydrogens is 257 g/mol. The van der Waals surface area contributed by atoms with Crippen molar-refractivity contribution in [2.45, 2.75) is 65.3 Å². The second-order valence-electron chi connectivity index (χ2n) is 7.25. The molecular formula is C14H26BNO4. The van der Waals surface area contributed by atoms with Crippen LogP contribution in [0, 0.1) is 0 Å². The quantitative estimate of drug-likeness (QED) is 0.802. The van der Waals surface area contributed by atoms with Crippen LogP contribution < -0.4 is 0 Å². The third kappa shape index (κ3) is 4.53. The Hall–Kier alpha value is -1.01. The molecule has 114 valence electrons. The molecule has 0 radical (unpaired) electrons. The zero-order chi connectivity index (χ0) is 15.8. The molecule has 5 nitrogen and oxygen atoms in total. The van der Waals surface area contributed by atoms with Crippen LogP contribution in [0.2, 0.25) is 0 Å². The molecule has 20 heavy (non-hydrogen) atoms. The average Bonchev–Trinajstić information content (AvgIpc) is 2.09. The smallest absolute Gasteiger partial charge is 0.414 e. The molecule has 0 atom stereocenters. The number of rotatable bonds is 4. The lowest BCUT2D eigenvalue weighted by Gasteiger charge is -2.39. The van der Waals surface area contributed by atoms with Gasteiger partial charge in [-0.15, -0.1) is 0 Å². The van der Waals surface area contributed by atoms with E-state index in [2.05, 4.69) is 0 Å². The van der Waals surface area contributed by atoms with E-state index in [1.165, 1.54) is 4.90 Å². The Balaban J connectivity index is 2.44. The Morgan fingerprint density at radius 3 is 2.15 bits per heavy atom. The molecule has 0 saturated carbocycles. The van der Waals surface area contributed by atoms with Crippen LogP contribution in [0.5, 0.6) is 0 Å². The molecule has 1 rings (SSSR count). The number of carbonyl (C=O) groups is 1. The van der Waals surface area contributed by atoms with E-state index in [-0.39, 0.29) is 6.09 Å². The van der Waals surface area contributed by atoms with Gasteiger partial charge in [-0.25, -0.2) is 4.79 Å². The number of carbonyl (C=O) groups excluding carboxylic acids is 1.